The number of hydrogen-bond acceptors (Lipinski definition) is 1. The van der Waals surface area contributed by atoms with Gasteiger partial charge < -0.3 is 4.74 Å². The van der Waals surface area contributed by atoms with E-state index < -0.39 is 0 Å². The Labute approximate surface area is 87.5 Å². The van der Waals surface area contributed by atoms with Crippen LogP contribution >= 0.6 is 0 Å². The van der Waals surface area contributed by atoms with Crippen molar-refractivity contribution in [3.05, 3.63) is 12.2 Å². The molecule has 0 aromatic heterocycles. The summed E-state index contributed by atoms with van der Waals surface area (Å²) in [7, 11) is 0. The highest BCUT2D eigenvalue weighted by Gasteiger charge is 2.36. The number of allylic oxidation sites excluding steroid dienone is 1. The van der Waals surface area contributed by atoms with Gasteiger partial charge in [-0.2, -0.15) is 0 Å². The Kier molecular flexibility index (Phi) is 3.27. The van der Waals surface area contributed by atoms with Crippen LogP contribution in [-0.2, 0) is 4.74 Å². The summed E-state index contributed by atoms with van der Waals surface area (Å²) in [4.78, 5) is 0. The zero-order valence-corrected chi connectivity index (χ0v) is 9.30. The third kappa shape index (κ3) is 2.20. The zero-order chi connectivity index (χ0) is 9.86. The van der Waals surface area contributed by atoms with Crippen molar-refractivity contribution in [1.82, 2.24) is 0 Å². The number of rotatable bonds is 1. The molecule has 1 spiro atoms. The second-order valence-corrected chi connectivity index (χ2v) is 4.87. The van der Waals surface area contributed by atoms with E-state index in [2.05, 4.69) is 19.1 Å². The van der Waals surface area contributed by atoms with E-state index in [0.717, 1.165) is 12.5 Å². The van der Waals surface area contributed by atoms with Gasteiger partial charge in [0.05, 0.1) is 12.2 Å². The molecule has 0 aromatic carbocycles. The molecule has 0 amide bonds. The van der Waals surface area contributed by atoms with Gasteiger partial charge in [-0.25, -0.2) is 0 Å². The van der Waals surface area contributed by atoms with E-state index in [-0.39, 0.29) is 5.60 Å². The Morgan fingerprint density at radius 2 is 2.29 bits per heavy atom. The minimum absolute atomic E-state index is 0.252. The number of hydrogen-bond donors (Lipinski definition) is 0. The maximum absolute atomic E-state index is 6.08. The van der Waals surface area contributed by atoms with Crippen molar-refractivity contribution in [1.29, 1.82) is 0 Å². The molecule has 0 unspecified atom stereocenters. The second kappa shape index (κ2) is 4.48. The average Bonchev–Trinajstić information content (AvgIpc) is 2.44. The van der Waals surface area contributed by atoms with Crippen LogP contribution in [0.25, 0.3) is 0 Å². The van der Waals surface area contributed by atoms with Gasteiger partial charge in [-0.15, -0.1) is 0 Å². The molecule has 1 nitrogen and oxygen atoms in total. The summed E-state index contributed by atoms with van der Waals surface area (Å²) in [6.45, 7) is 3.16. The Morgan fingerprint density at radius 3 is 3.14 bits per heavy atom. The normalized spacial score (nSPS) is 38.5. The minimum atomic E-state index is 0.252. The molecule has 2 atom stereocenters. The van der Waals surface area contributed by atoms with Gasteiger partial charge in [-0.05, 0) is 31.6 Å². The van der Waals surface area contributed by atoms with Crippen LogP contribution in [0.4, 0.5) is 0 Å². The first-order valence-corrected chi connectivity index (χ1v) is 6.14. The molecule has 0 N–H and O–H groups in total. The molecule has 0 aromatic rings. The standard InChI is InChI=1S/C13H22O/c1-2-12-7-6-9-13(11-12)8-4-3-5-10-14-13/h3,5,12H,2,4,6-11H2,1H3/t12-,13+/m0/s1. The third-order valence-electron chi connectivity index (χ3n) is 3.90. The van der Waals surface area contributed by atoms with Crippen LogP contribution in [-0.4, -0.2) is 12.2 Å². The lowest BCUT2D eigenvalue weighted by atomic mass is 9.75. The van der Waals surface area contributed by atoms with Crippen molar-refractivity contribution in [2.24, 2.45) is 5.92 Å². The van der Waals surface area contributed by atoms with Crippen LogP contribution in [0.1, 0.15) is 51.9 Å². The quantitative estimate of drug-likeness (QED) is 0.578. The first-order valence-electron chi connectivity index (χ1n) is 6.14. The SMILES string of the molecule is CC[C@H]1CCC[C@]2(CCC=CCO2)C1. The van der Waals surface area contributed by atoms with Crippen LogP contribution in [0.15, 0.2) is 12.2 Å². The lowest BCUT2D eigenvalue weighted by molar-refractivity contribution is -0.0739. The molecule has 1 fully saturated rings. The first-order chi connectivity index (χ1) is 6.85. The first kappa shape index (κ1) is 10.2. The Hall–Kier alpha value is -0.300. The van der Waals surface area contributed by atoms with E-state index in [9.17, 15) is 0 Å². The minimum Gasteiger partial charge on any atom is -0.371 e. The molecule has 1 heteroatoms. The van der Waals surface area contributed by atoms with Crippen molar-refractivity contribution in [2.45, 2.75) is 57.5 Å². The van der Waals surface area contributed by atoms with Crippen molar-refractivity contribution in [3.63, 3.8) is 0 Å². The van der Waals surface area contributed by atoms with Gasteiger partial charge in [0.15, 0.2) is 0 Å². The smallest absolute Gasteiger partial charge is 0.0692 e. The highest BCUT2D eigenvalue weighted by Crippen LogP contribution is 2.40. The predicted octanol–water partition coefficient (Wildman–Crippen LogP) is 3.69. The fourth-order valence-electron chi connectivity index (χ4n) is 2.98. The highest BCUT2D eigenvalue weighted by molar-refractivity contribution is 4.95. The van der Waals surface area contributed by atoms with Gasteiger partial charge in [0.25, 0.3) is 0 Å². The fourth-order valence-corrected chi connectivity index (χ4v) is 2.98. The summed E-state index contributed by atoms with van der Waals surface area (Å²) >= 11 is 0. The highest BCUT2D eigenvalue weighted by atomic mass is 16.5. The predicted molar refractivity (Wildman–Crippen MR) is 59.3 cm³/mol. The van der Waals surface area contributed by atoms with Gasteiger partial charge in [0.2, 0.25) is 0 Å². The molecule has 1 heterocycles. The number of ether oxygens (including phenoxy) is 1. The lowest BCUT2D eigenvalue weighted by Gasteiger charge is -2.40. The van der Waals surface area contributed by atoms with Gasteiger partial charge in [0, 0.05) is 0 Å². The van der Waals surface area contributed by atoms with Gasteiger partial charge in [-0.3, -0.25) is 0 Å². The van der Waals surface area contributed by atoms with E-state index >= 15 is 0 Å². The molecular weight excluding hydrogens is 172 g/mol. The Bertz CT molecular complexity index is 197. The molecular formula is C13H22O. The molecule has 2 rings (SSSR count). The average molecular weight is 194 g/mol. The van der Waals surface area contributed by atoms with Gasteiger partial charge in [-0.1, -0.05) is 38.3 Å². The maximum atomic E-state index is 6.08. The van der Waals surface area contributed by atoms with Crippen LogP contribution in [0.3, 0.4) is 0 Å². The topological polar surface area (TPSA) is 9.23 Å². The van der Waals surface area contributed by atoms with E-state index in [1.54, 1.807) is 0 Å². The van der Waals surface area contributed by atoms with Crippen LogP contribution in [0, 0.1) is 5.92 Å². The molecule has 2 aliphatic rings. The van der Waals surface area contributed by atoms with E-state index in [0.29, 0.717) is 0 Å². The zero-order valence-electron chi connectivity index (χ0n) is 9.30. The molecule has 14 heavy (non-hydrogen) atoms. The van der Waals surface area contributed by atoms with Crippen molar-refractivity contribution >= 4 is 0 Å². The Morgan fingerprint density at radius 1 is 1.36 bits per heavy atom. The Balaban J connectivity index is 1.99. The van der Waals surface area contributed by atoms with Crippen LogP contribution in [0.2, 0.25) is 0 Å². The van der Waals surface area contributed by atoms with Gasteiger partial charge >= 0.3 is 0 Å². The lowest BCUT2D eigenvalue weighted by Crippen LogP contribution is -2.37. The summed E-state index contributed by atoms with van der Waals surface area (Å²) in [5.74, 6) is 0.918. The third-order valence-corrected chi connectivity index (χ3v) is 3.90. The van der Waals surface area contributed by atoms with E-state index in [4.69, 9.17) is 4.74 Å². The maximum Gasteiger partial charge on any atom is 0.0692 e. The monoisotopic (exact) mass is 194 g/mol. The van der Waals surface area contributed by atoms with Gasteiger partial charge in [0.1, 0.15) is 0 Å². The van der Waals surface area contributed by atoms with Crippen molar-refractivity contribution < 1.29 is 4.74 Å². The summed E-state index contributed by atoms with van der Waals surface area (Å²) in [6.07, 6.45) is 13.7. The summed E-state index contributed by atoms with van der Waals surface area (Å²) in [5, 5.41) is 0. The second-order valence-electron chi connectivity index (χ2n) is 4.87. The summed E-state index contributed by atoms with van der Waals surface area (Å²) in [5.41, 5.74) is 0.252. The van der Waals surface area contributed by atoms with Crippen LogP contribution in [0.5, 0.6) is 0 Å². The molecule has 1 aliphatic heterocycles. The molecule has 0 radical (unpaired) electrons. The van der Waals surface area contributed by atoms with E-state index in [1.807, 2.05) is 0 Å². The summed E-state index contributed by atoms with van der Waals surface area (Å²) < 4.78 is 6.08. The molecule has 1 saturated carbocycles. The molecule has 1 aliphatic carbocycles. The fraction of sp³-hybridized carbons (Fsp3) is 0.846. The van der Waals surface area contributed by atoms with Crippen LogP contribution < -0.4 is 0 Å². The molecule has 80 valence electrons. The molecule has 0 bridgehead atoms. The van der Waals surface area contributed by atoms with E-state index in [1.165, 1.54) is 44.9 Å². The largest absolute Gasteiger partial charge is 0.371 e. The summed E-state index contributed by atoms with van der Waals surface area (Å²) in [6, 6.07) is 0. The van der Waals surface area contributed by atoms with Crippen molar-refractivity contribution in [2.75, 3.05) is 6.61 Å². The van der Waals surface area contributed by atoms with Crippen molar-refractivity contribution in [3.8, 4) is 0 Å². The molecule has 0 saturated heterocycles.